The van der Waals surface area contributed by atoms with Crippen LogP contribution in [0.2, 0.25) is 0 Å². The van der Waals surface area contributed by atoms with Crippen LogP contribution in [-0.4, -0.2) is 85.0 Å². The molecule has 0 aromatic rings. The van der Waals surface area contributed by atoms with Gasteiger partial charge in [0, 0.05) is 0 Å². The first-order valence-electron chi connectivity index (χ1n) is 5.44. The smallest absolute Gasteiger partial charge is 0.543 e. The van der Waals surface area contributed by atoms with Crippen molar-refractivity contribution in [3.05, 3.63) is 0 Å². The van der Waals surface area contributed by atoms with Crippen LogP contribution < -0.4 is 20.8 Å². The summed E-state index contributed by atoms with van der Waals surface area (Å²) in [4.78, 5) is 67.9. The van der Waals surface area contributed by atoms with E-state index in [-0.39, 0.29) is 37.7 Å². The van der Waals surface area contributed by atoms with Gasteiger partial charge >= 0.3 is 49.8 Å². The number of imide groups is 2. The van der Waals surface area contributed by atoms with Crippen molar-refractivity contribution in [2.75, 3.05) is 0 Å². The molecule has 0 spiro atoms. The second kappa shape index (κ2) is 9.07. The fraction of sp³-hybridized carbons (Fsp3) is 0.200. The first-order chi connectivity index (χ1) is 10.2. The molecule has 6 amide bonds. The number of aliphatic imine (C=N–C) groups is 2. The van der Waals surface area contributed by atoms with Gasteiger partial charge in [-0.3, -0.25) is 20.2 Å². The van der Waals surface area contributed by atoms with Gasteiger partial charge in [-0.1, -0.05) is 0 Å². The van der Waals surface area contributed by atoms with Crippen LogP contribution >= 0.6 is 0 Å². The summed E-state index contributed by atoms with van der Waals surface area (Å²) in [6.45, 7) is 0. The zero-order chi connectivity index (χ0) is 16.9. The van der Waals surface area contributed by atoms with E-state index < -0.39 is 60.1 Å². The third-order valence-electron chi connectivity index (χ3n) is 2.09. The third-order valence-corrected chi connectivity index (χ3v) is 2.09. The molecule has 116 valence electrons. The van der Waals surface area contributed by atoms with Crippen molar-refractivity contribution in [2.45, 2.75) is 12.8 Å². The van der Waals surface area contributed by atoms with Gasteiger partial charge in [-0.25, -0.2) is 9.59 Å². The van der Waals surface area contributed by atoms with Gasteiger partial charge in [0.25, 0.3) is 0 Å². The van der Waals surface area contributed by atoms with E-state index in [2.05, 4.69) is 9.98 Å². The van der Waals surface area contributed by atoms with Crippen LogP contribution in [-0.2, 0) is 19.2 Å². The molecule has 2 aliphatic heterocycles. The number of nitrogens with zero attached hydrogens (tertiary/aromatic N) is 2. The topological polar surface area (TPSA) is 197 Å². The molecule has 2 rings (SSSR count). The molecule has 2 N–H and O–H groups in total. The maximum atomic E-state index is 10.5. The van der Waals surface area contributed by atoms with Crippen molar-refractivity contribution in [3.8, 4) is 0 Å². The van der Waals surface area contributed by atoms with E-state index in [1.165, 1.54) is 0 Å². The molecule has 23 heavy (non-hydrogen) atoms. The SMILES string of the molecule is O=C1CC(C(=O)[O-])=NC(=O)N1.O=C1CC(C(=O)[O-])=NC(=O)N1.[Ca+2]. The summed E-state index contributed by atoms with van der Waals surface area (Å²) in [5, 5.41) is 23.8. The number of carbonyl (C=O) groups is 6. The molecule has 0 atom stereocenters. The number of carboxylic acid groups (broad SMARTS) is 2. The van der Waals surface area contributed by atoms with Gasteiger partial charge in [-0.05, 0) is 0 Å². The Morgan fingerprint density at radius 2 is 1.09 bits per heavy atom. The summed E-state index contributed by atoms with van der Waals surface area (Å²) in [5.41, 5.74) is -1.06. The fourth-order valence-electron chi connectivity index (χ4n) is 1.25. The number of urea groups is 2. The van der Waals surface area contributed by atoms with E-state index in [4.69, 9.17) is 0 Å². The molecule has 0 aromatic heterocycles. The molecular weight excluding hydrogens is 344 g/mol. The van der Waals surface area contributed by atoms with Crippen LogP contribution in [0.15, 0.2) is 9.98 Å². The Morgan fingerprint density at radius 1 is 0.783 bits per heavy atom. The molecule has 0 radical (unpaired) electrons. The van der Waals surface area contributed by atoms with E-state index in [1.807, 2.05) is 10.6 Å². The summed E-state index contributed by atoms with van der Waals surface area (Å²) in [6, 6.07) is -1.92. The monoisotopic (exact) mass is 350 g/mol. The number of carboxylic acids is 2. The van der Waals surface area contributed by atoms with Gasteiger partial charge in [-0.2, -0.15) is 9.98 Å². The zero-order valence-corrected chi connectivity index (χ0v) is 13.5. The molecular formula is C10H6CaN4O8. The Labute approximate surface area is 157 Å². The Balaban J connectivity index is 0.000000403. The van der Waals surface area contributed by atoms with Crippen LogP contribution in [0, 0.1) is 0 Å². The molecule has 2 heterocycles. The molecule has 0 saturated heterocycles. The first kappa shape index (κ1) is 20.8. The Morgan fingerprint density at radius 3 is 1.30 bits per heavy atom. The number of hydrogen-bond acceptors (Lipinski definition) is 8. The third kappa shape index (κ3) is 7.08. The average molecular weight is 350 g/mol. The van der Waals surface area contributed by atoms with Crippen molar-refractivity contribution in [1.82, 2.24) is 10.6 Å². The van der Waals surface area contributed by atoms with Crippen LogP contribution in [0.4, 0.5) is 9.59 Å². The normalized spacial score (nSPS) is 16.5. The second-order valence-electron chi connectivity index (χ2n) is 3.75. The molecule has 0 bridgehead atoms. The van der Waals surface area contributed by atoms with Gasteiger partial charge in [0.15, 0.2) is 0 Å². The minimum Gasteiger partial charge on any atom is -0.543 e. The second-order valence-corrected chi connectivity index (χ2v) is 3.75. The van der Waals surface area contributed by atoms with Crippen LogP contribution in [0.25, 0.3) is 0 Å². The first-order valence-corrected chi connectivity index (χ1v) is 5.44. The molecule has 12 nitrogen and oxygen atoms in total. The predicted octanol–water partition coefficient (Wildman–Crippen LogP) is -4.75. The largest absolute Gasteiger partial charge is 2.00 e. The molecule has 0 fully saturated rings. The quantitative estimate of drug-likeness (QED) is 0.462. The van der Waals surface area contributed by atoms with E-state index in [1.54, 1.807) is 0 Å². The van der Waals surface area contributed by atoms with Crippen LogP contribution in [0.5, 0.6) is 0 Å². The number of nitrogens with one attached hydrogen (secondary N) is 2. The van der Waals surface area contributed by atoms with Gasteiger partial charge in [0.1, 0.15) is 0 Å². The molecule has 0 saturated carbocycles. The van der Waals surface area contributed by atoms with E-state index in [0.29, 0.717) is 0 Å². The number of carbonyl (C=O) groups excluding carboxylic acids is 6. The Bertz CT molecular complexity index is 597. The maximum absolute atomic E-state index is 10.5. The van der Waals surface area contributed by atoms with Gasteiger partial charge in [0.05, 0.1) is 36.2 Å². The summed E-state index contributed by atoms with van der Waals surface area (Å²) in [7, 11) is 0. The molecule has 13 heteroatoms. The Hall–Kier alpha value is -2.18. The van der Waals surface area contributed by atoms with E-state index in [9.17, 15) is 39.0 Å². The standard InChI is InChI=1S/2C5H4N2O4.Ca/c2*8-3-1-2(4(9)10)6-5(11)7-3;/h2*1H2,(H,9,10)(H,7,8,11);/q;;+2/p-2. The van der Waals surface area contributed by atoms with E-state index >= 15 is 0 Å². The number of aliphatic carboxylic acids is 2. The number of amides is 6. The molecule has 0 unspecified atom stereocenters. The molecule has 2 aliphatic rings. The van der Waals surface area contributed by atoms with Crippen molar-refractivity contribution >= 4 is 85.0 Å². The predicted molar refractivity (Wildman–Crippen MR) is 66.9 cm³/mol. The van der Waals surface area contributed by atoms with Gasteiger partial charge < -0.3 is 19.8 Å². The maximum Gasteiger partial charge on any atom is 2.00 e. The van der Waals surface area contributed by atoms with Gasteiger partial charge in [0.2, 0.25) is 11.8 Å². The molecule has 0 aromatic carbocycles. The van der Waals surface area contributed by atoms with Crippen LogP contribution in [0.1, 0.15) is 12.8 Å². The van der Waals surface area contributed by atoms with Crippen LogP contribution in [0.3, 0.4) is 0 Å². The van der Waals surface area contributed by atoms with Crippen molar-refractivity contribution < 1.29 is 39.0 Å². The summed E-state index contributed by atoms with van der Waals surface area (Å²) < 4.78 is 0. The number of hydrogen-bond donors (Lipinski definition) is 2. The average Bonchev–Trinajstić information content (AvgIpc) is 2.37. The zero-order valence-electron chi connectivity index (χ0n) is 11.3. The van der Waals surface area contributed by atoms with Crippen molar-refractivity contribution in [2.24, 2.45) is 9.98 Å². The van der Waals surface area contributed by atoms with E-state index in [0.717, 1.165) is 0 Å². The fourth-order valence-corrected chi connectivity index (χ4v) is 1.25. The summed E-state index contributed by atoms with van der Waals surface area (Å²) in [6.07, 6.45) is -0.817. The Kier molecular flexibility index (Phi) is 8.21. The summed E-state index contributed by atoms with van der Waals surface area (Å²) >= 11 is 0. The minimum absolute atomic E-state index is 0. The van der Waals surface area contributed by atoms with Crippen molar-refractivity contribution in [1.29, 1.82) is 0 Å². The summed E-state index contributed by atoms with van der Waals surface area (Å²) in [5.74, 6) is -4.53. The number of rotatable bonds is 2. The minimum atomic E-state index is -1.59. The van der Waals surface area contributed by atoms with Crippen molar-refractivity contribution in [3.63, 3.8) is 0 Å². The van der Waals surface area contributed by atoms with Gasteiger partial charge in [-0.15, -0.1) is 0 Å². The molecule has 0 aliphatic carbocycles.